The third-order valence-electron chi connectivity index (χ3n) is 2.18. The van der Waals surface area contributed by atoms with Crippen molar-refractivity contribution in [1.82, 2.24) is 10.2 Å². The van der Waals surface area contributed by atoms with E-state index in [1.165, 1.54) is 0 Å². The molecule has 0 bridgehead atoms. The van der Waals surface area contributed by atoms with Crippen LogP contribution in [0.2, 0.25) is 0 Å². The number of hydrogen-bond acceptors (Lipinski definition) is 3. The minimum Gasteiger partial charge on any atom is -0.377 e. The Balaban J connectivity index is 3.65. The van der Waals surface area contributed by atoms with Crippen LogP contribution in [-0.4, -0.2) is 50.2 Å². The van der Waals surface area contributed by atoms with Gasteiger partial charge in [-0.15, -0.1) is 0 Å². The molecule has 0 aliphatic carbocycles. The number of ether oxygens (including phenoxy) is 1. The van der Waals surface area contributed by atoms with Crippen LogP contribution in [0.5, 0.6) is 0 Å². The second-order valence-corrected chi connectivity index (χ2v) is 4.07. The molecule has 0 spiro atoms. The van der Waals surface area contributed by atoms with Crippen LogP contribution in [0.4, 0.5) is 0 Å². The van der Waals surface area contributed by atoms with E-state index in [2.05, 4.69) is 5.32 Å². The first-order valence-corrected chi connectivity index (χ1v) is 5.52. The molecule has 90 valence electrons. The average Bonchev–Trinajstić information content (AvgIpc) is 2.15. The summed E-state index contributed by atoms with van der Waals surface area (Å²) >= 11 is 0. The van der Waals surface area contributed by atoms with E-state index in [4.69, 9.17) is 4.74 Å². The molecule has 15 heavy (non-hydrogen) atoms. The van der Waals surface area contributed by atoms with Gasteiger partial charge in [0.15, 0.2) is 0 Å². The lowest BCUT2D eigenvalue weighted by molar-refractivity contribution is -0.129. The summed E-state index contributed by atoms with van der Waals surface area (Å²) in [5.74, 6) is 0.152. The zero-order valence-corrected chi connectivity index (χ0v) is 10.5. The molecular formula is C11H24N2O2. The molecule has 0 aliphatic rings. The fourth-order valence-corrected chi connectivity index (χ4v) is 1.23. The van der Waals surface area contributed by atoms with Crippen molar-refractivity contribution in [1.29, 1.82) is 0 Å². The fourth-order valence-electron chi connectivity index (χ4n) is 1.23. The number of amides is 1. The third kappa shape index (κ3) is 7.33. The van der Waals surface area contributed by atoms with Gasteiger partial charge in [-0.2, -0.15) is 0 Å². The number of carbonyl (C=O) groups excluding carboxylic acids is 1. The molecule has 1 amide bonds. The van der Waals surface area contributed by atoms with E-state index < -0.39 is 0 Å². The molecule has 0 rings (SSSR count). The molecule has 0 saturated carbocycles. The molecule has 0 saturated heterocycles. The van der Waals surface area contributed by atoms with Gasteiger partial charge in [0.2, 0.25) is 5.91 Å². The normalized spacial score (nSPS) is 14.7. The van der Waals surface area contributed by atoms with E-state index in [1.54, 1.807) is 19.0 Å². The molecule has 0 heterocycles. The van der Waals surface area contributed by atoms with E-state index in [-0.39, 0.29) is 18.1 Å². The molecule has 0 aromatic heterocycles. The van der Waals surface area contributed by atoms with Crippen LogP contribution in [0.15, 0.2) is 0 Å². The first kappa shape index (κ1) is 14.4. The second kappa shape index (κ2) is 7.65. The number of carbonyl (C=O) groups is 1. The standard InChI is InChI=1S/C11H24N2O2/c1-6-15-10(3)8-12-9(2)7-11(14)13(4)5/h9-10,12H,6-8H2,1-5H3. The largest absolute Gasteiger partial charge is 0.377 e. The van der Waals surface area contributed by atoms with Gasteiger partial charge in [-0.1, -0.05) is 0 Å². The second-order valence-electron chi connectivity index (χ2n) is 4.07. The summed E-state index contributed by atoms with van der Waals surface area (Å²) in [6, 6.07) is 0.197. The highest BCUT2D eigenvalue weighted by Gasteiger charge is 2.11. The molecule has 2 atom stereocenters. The SMILES string of the molecule is CCOC(C)CNC(C)CC(=O)N(C)C. The minimum atomic E-state index is 0.152. The monoisotopic (exact) mass is 216 g/mol. The van der Waals surface area contributed by atoms with Crippen molar-refractivity contribution in [2.75, 3.05) is 27.2 Å². The van der Waals surface area contributed by atoms with Gasteiger partial charge in [0.25, 0.3) is 0 Å². The Hall–Kier alpha value is -0.610. The molecule has 0 fully saturated rings. The lowest BCUT2D eigenvalue weighted by Gasteiger charge is -2.19. The van der Waals surface area contributed by atoms with Crippen LogP contribution in [0.1, 0.15) is 27.2 Å². The van der Waals surface area contributed by atoms with Gasteiger partial charge >= 0.3 is 0 Å². The summed E-state index contributed by atoms with van der Waals surface area (Å²) in [4.78, 5) is 13.0. The highest BCUT2D eigenvalue weighted by atomic mass is 16.5. The topological polar surface area (TPSA) is 41.6 Å². The van der Waals surface area contributed by atoms with Crippen molar-refractivity contribution in [2.45, 2.75) is 39.3 Å². The summed E-state index contributed by atoms with van der Waals surface area (Å²) in [6.45, 7) is 7.54. The van der Waals surface area contributed by atoms with Gasteiger partial charge in [0, 0.05) is 39.7 Å². The number of rotatable bonds is 7. The molecule has 1 N–H and O–H groups in total. The van der Waals surface area contributed by atoms with E-state index in [0.717, 1.165) is 13.2 Å². The van der Waals surface area contributed by atoms with Crippen molar-refractivity contribution in [3.8, 4) is 0 Å². The number of nitrogens with one attached hydrogen (secondary N) is 1. The maximum atomic E-state index is 11.4. The number of hydrogen-bond donors (Lipinski definition) is 1. The van der Waals surface area contributed by atoms with Crippen LogP contribution in [-0.2, 0) is 9.53 Å². The Kier molecular flexibility index (Phi) is 7.34. The van der Waals surface area contributed by atoms with Crippen LogP contribution < -0.4 is 5.32 Å². The molecule has 0 aliphatic heterocycles. The van der Waals surface area contributed by atoms with Crippen molar-refractivity contribution in [3.63, 3.8) is 0 Å². The van der Waals surface area contributed by atoms with Crippen molar-refractivity contribution >= 4 is 5.91 Å². The maximum absolute atomic E-state index is 11.4. The third-order valence-corrected chi connectivity index (χ3v) is 2.18. The molecule has 2 unspecified atom stereocenters. The van der Waals surface area contributed by atoms with Gasteiger partial charge < -0.3 is 15.0 Å². The summed E-state index contributed by atoms with van der Waals surface area (Å²) < 4.78 is 5.39. The van der Waals surface area contributed by atoms with E-state index >= 15 is 0 Å². The Bertz CT molecular complexity index is 183. The Morgan fingerprint density at radius 1 is 1.40 bits per heavy atom. The van der Waals surface area contributed by atoms with Crippen molar-refractivity contribution in [2.24, 2.45) is 0 Å². The highest BCUT2D eigenvalue weighted by Crippen LogP contribution is 1.96. The molecule has 0 aromatic carbocycles. The predicted molar refractivity (Wildman–Crippen MR) is 61.9 cm³/mol. The van der Waals surface area contributed by atoms with E-state index in [0.29, 0.717) is 6.42 Å². The van der Waals surface area contributed by atoms with E-state index in [1.807, 2.05) is 20.8 Å². The zero-order chi connectivity index (χ0) is 11.8. The molecule has 0 radical (unpaired) electrons. The zero-order valence-electron chi connectivity index (χ0n) is 10.5. The summed E-state index contributed by atoms with van der Waals surface area (Å²) in [6.07, 6.45) is 0.734. The Labute approximate surface area is 93.0 Å². The average molecular weight is 216 g/mol. The first-order valence-electron chi connectivity index (χ1n) is 5.52. The van der Waals surface area contributed by atoms with Crippen LogP contribution in [0.25, 0.3) is 0 Å². The predicted octanol–water partition coefficient (Wildman–Crippen LogP) is 0.868. The summed E-state index contributed by atoms with van der Waals surface area (Å²) in [5.41, 5.74) is 0. The molecule has 4 nitrogen and oxygen atoms in total. The maximum Gasteiger partial charge on any atom is 0.223 e. The van der Waals surface area contributed by atoms with Crippen LogP contribution >= 0.6 is 0 Å². The molecule has 0 aromatic rings. The number of nitrogens with zero attached hydrogens (tertiary/aromatic N) is 1. The van der Waals surface area contributed by atoms with E-state index in [9.17, 15) is 4.79 Å². The van der Waals surface area contributed by atoms with Crippen molar-refractivity contribution in [3.05, 3.63) is 0 Å². The lowest BCUT2D eigenvalue weighted by atomic mass is 10.2. The smallest absolute Gasteiger partial charge is 0.223 e. The lowest BCUT2D eigenvalue weighted by Crippen LogP contribution is -2.37. The van der Waals surface area contributed by atoms with Gasteiger partial charge in [-0.05, 0) is 20.8 Å². The quantitative estimate of drug-likeness (QED) is 0.686. The highest BCUT2D eigenvalue weighted by molar-refractivity contribution is 5.76. The van der Waals surface area contributed by atoms with Gasteiger partial charge in [0.1, 0.15) is 0 Å². The molecular weight excluding hydrogens is 192 g/mol. The molecule has 4 heteroatoms. The van der Waals surface area contributed by atoms with Crippen LogP contribution in [0.3, 0.4) is 0 Å². The van der Waals surface area contributed by atoms with Crippen molar-refractivity contribution < 1.29 is 9.53 Å². The summed E-state index contributed by atoms with van der Waals surface area (Å²) in [5, 5.41) is 3.28. The minimum absolute atomic E-state index is 0.152. The van der Waals surface area contributed by atoms with Gasteiger partial charge in [-0.3, -0.25) is 4.79 Å². The fraction of sp³-hybridized carbons (Fsp3) is 0.909. The Morgan fingerprint density at radius 2 is 2.00 bits per heavy atom. The van der Waals surface area contributed by atoms with Gasteiger partial charge in [0.05, 0.1) is 6.10 Å². The summed E-state index contributed by atoms with van der Waals surface area (Å²) in [7, 11) is 3.55. The Morgan fingerprint density at radius 3 is 2.47 bits per heavy atom. The first-order chi connectivity index (χ1) is 6.97. The van der Waals surface area contributed by atoms with Gasteiger partial charge in [-0.25, -0.2) is 0 Å². The van der Waals surface area contributed by atoms with Crippen LogP contribution in [0, 0.1) is 0 Å².